The van der Waals surface area contributed by atoms with E-state index in [0.717, 1.165) is 75.6 Å². The fourth-order valence-electron chi connectivity index (χ4n) is 5.96. The summed E-state index contributed by atoms with van der Waals surface area (Å²) in [7, 11) is 2.21. The highest BCUT2D eigenvalue weighted by atomic mass is 15.3. The molecule has 0 bridgehead atoms. The number of nitrogens with zero attached hydrogens (tertiary/aromatic N) is 6. The average Bonchev–Trinajstić information content (AvgIpc) is 3.34. The summed E-state index contributed by atoms with van der Waals surface area (Å²) in [4.78, 5) is 17.1. The van der Waals surface area contributed by atoms with E-state index in [9.17, 15) is 0 Å². The van der Waals surface area contributed by atoms with Crippen LogP contribution in [0.4, 0.5) is 5.82 Å². The standard InChI is InChI=1S/C31H35N7/c1-4-37(3)18-21-10-12-24(13-11-21)31-36-28(29-30(32)33-19-34-38(29)31)25-16-14-23-15-17-26(35-27(23)20(25)2)22-8-6-5-7-9-22/h5-9,14-17,19,21,24H,4,10-13,18H2,1-3H3,(H2,32,33,34). The number of pyridine rings is 1. The van der Waals surface area contributed by atoms with Gasteiger partial charge in [-0.05, 0) is 63.7 Å². The highest BCUT2D eigenvalue weighted by molar-refractivity contribution is 5.94. The summed E-state index contributed by atoms with van der Waals surface area (Å²) in [5, 5.41) is 5.73. The quantitative estimate of drug-likeness (QED) is 0.299. The Morgan fingerprint density at radius 3 is 2.50 bits per heavy atom. The van der Waals surface area contributed by atoms with Gasteiger partial charge >= 0.3 is 0 Å². The predicted molar refractivity (Wildman–Crippen MR) is 154 cm³/mol. The maximum Gasteiger partial charge on any atom is 0.153 e. The fourth-order valence-corrected chi connectivity index (χ4v) is 5.96. The number of hydrogen-bond donors (Lipinski definition) is 1. The first-order valence-corrected chi connectivity index (χ1v) is 13.7. The molecule has 7 nitrogen and oxygen atoms in total. The third-order valence-corrected chi connectivity index (χ3v) is 8.25. The van der Waals surface area contributed by atoms with Crippen LogP contribution in [0.3, 0.4) is 0 Å². The van der Waals surface area contributed by atoms with Gasteiger partial charge in [0.2, 0.25) is 0 Å². The summed E-state index contributed by atoms with van der Waals surface area (Å²) in [6.45, 7) is 6.61. The molecule has 7 heteroatoms. The highest BCUT2D eigenvalue weighted by Crippen LogP contribution is 2.39. The number of nitrogens with two attached hydrogens (primary N) is 1. The molecule has 6 rings (SSSR count). The van der Waals surface area contributed by atoms with Crippen LogP contribution in [0.5, 0.6) is 0 Å². The normalized spacial score (nSPS) is 18.0. The zero-order valence-corrected chi connectivity index (χ0v) is 22.4. The Labute approximate surface area is 223 Å². The zero-order chi connectivity index (χ0) is 26.2. The van der Waals surface area contributed by atoms with Gasteiger partial charge in [0.1, 0.15) is 23.4 Å². The molecule has 0 atom stereocenters. The molecule has 0 amide bonds. The van der Waals surface area contributed by atoms with E-state index in [2.05, 4.69) is 72.3 Å². The largest absolute Gasteiger partial charge is 0.382 e. The van der Waals surface area contributed by atoms with Crippen molar-refractivity contribution in [3.05, 3.63) is 72.3 Å². The smallest absolute Gasteiger partial charge is 0.153 e. The molecular weight excluding hydrogens is 470 g/mol. The Morgan fingerprint density at radius 2 is 1.74 bits per heavy atom. The molecule has 194 valence electrons. The summed E-state index contributed by atoms with van der Waals surface area (Å²) in [6.07, 6.45) is 6.19. The van der Waals surface area contributed by atoms with Gasteiger partial charge in [-0.3, -0.25) is 0 Å². The molecule has 0 unspecified atom stereocenters. The number of aromatic nitrogens is 5. The fraction of sp³-hybridized carbons (Fsp3) is 0.355. The molecule has 1 fully saturated rings. The van der Waals surface area contributed by atoms with E-state index in [0.29, 0.717) is 11.7 Å². The lowest BCUT2D eigenvalue weighted by atomic mass is 9.81. The van der Waals surface area contributed by atoms with Crippen molar-refractivity contribution in [1.82, 2.24) is 29.5 Å². The minimum absolute atomic E-state index is 0.359. The van der Waals surface area contributed by atoms with Gasteiger partial charge in [0.25, 0.3) is 0 Å². The lowest BCUT2D eigenvalue weighted by Gasteiger charge is -2.30. The van der Waals surface area contributed by atoms with Gasteiger partial charge in [-0.15, -0.1) is 0 Å². The molecule has 5 aromatic rings. The van der Waals surface area contributed by atoms with Crippen molar-refractivity contribution in [2.75, 3.05) is 25.9 Å². The van der Waals surface area contributed by atoms with Crippen molar-refractivity contribution in [2.24, 2.45) is 5.92 Å². The van der Waals surface area contributed by atoms with Crippen molar-refractivity contribution < 1.29 is 0 Å². The first-order chi connectivity index (χ1) is 18.5. The van der Waals surface area contributed by atoms with Crippen LogP contribution in [-0.2, 0) is 0 Å². The lowest BCUT2D eigenvalue weighted by Crippen LogP contribution is -2.28. The summed E-state index contributed by atoms with van der Waals surface area (Å²) < 4.78 is 1.94. The number of rotatable bonds is 6. The van der Waals surface area contributed by atoms with Crippen molar-refractivity contribution in [1.29, 1.82) is 0 Å². The van der Waals surface area contributed by atoms with Gasteiger partial charge in [0.05, 0.1) is 11.2 Å². The number of nitrogen functional groups attached to an aromatic ring is 1. The molecule has 3 heterocycles. The van der Waals surface area contributed by atoms with Gasteiger partial charge in [0, 0.05) is 29.0 Å². The van der Waals surface area contributed by atoms with Crippen LogP contribution < -0.4 is 5.73 Å². The second-order valence-electron chi connectivity index (χ2n) is 10.7. The molecule has 2 N–H and O–H groups in total. The number of aryl methyl sites for hydroxylation is 1. The molecule has 1 aliphatic carbocycles. The predicted octanol–water partition coefficient (Wildman–Crippen LogP) is 6.12. The molecule has 1 aliphatic rings. The summed E-state index contributed by atoms with van der Waals surface area (Å²) in [5.74, 6) is 2.56. The molecule has 0 saturated heterocycles. The van der Waals surface area contributed by atoms with Gasteiger partial charge in [-0.1, -0.05) is 55.5 Å². The van der Waals surface area contributed by atoms with E-state index in [1.165, 1.54) is 19.4 Å². The molecule has 0 spiro atoms. The molecule has 1 saturated carbocycles. The molecular formula is C31H35N7. The Kier molecular flexibility index (Phi) is 6.54. The van der Waals surface area contributed by atoms with Crippen LogP contribution >= 0.6 is 0 Å². The van der Waals surface area contributed by atoms with Gasteiger partial charge < -0.3 is 10.6 Å². The lowest BCUT2D eigenvalue weighted by molar-refractivity contribution is 0.227. The minimum atomic E-state index is 0.359. The van der Waals surface area contributed by atoms with Crippen LogP contribution in [0.1, 0.15) is 49.9 Å². The van der Waals surface area contributed by atoms with Crippen LogP contribution in [0, 0.1) is 12.8 Å². The van der Waals surface area contributed by atoms with Crippen molar-refractivity contribution in [3.63, 3.8) is 0 Å². The number of benzene rings is 2. The van der Waals surface area contributed by atoms with E-state index in [-0.39, 0.29) is 0 Å². The third kappa shape index (κ3) is 4.41. The Hall–Kier alpha value is -3.84. The van der Waals surface area contributed by atoms with Crippen molar-refractivity contribution in [2.45, 2.75) is 45.4 Å². The topological polar surface area (TPSA) is 85.2 Å². The second-order valence-corrected chi connectivity index (χ2v) is 10.7. The van der Waals surface area contributed by atoms with E-state index >= 15 is 0 Å². The minimum Gasteiger partial charge on any atom is -0.382 e. The van der Waals surface area contributed by atoms with Gasteiger partial charge in [0.15, 0.2) is 5.82 Å². The van der Waals surface area contributed by atoms with Gasteiger partial charge in [-0.2, -0.15) is 5.10 Å². The van der Waals surface area contributed by atoms with Crippen LogP contribution in [0.2, 0.25) is 0 Å². The highest BCUT2D eigenvalue weighted by Gasteiger charge is 2.29. The van der Waals surface area contributed by atoms with Crippen molar-refractivity contribution >= 4 is 22.2 Å². The first-order valence-electron chi connectivity index (χ1n) is 13.7. The van der Waals surface area contributed by atoms with E-state index in [1.807, 2.05) is 22.7 Å². The number of fused-ring (bicyclic) bond motifs is 2. The number of hydrogen-bond acceptors (Lipinski definition) is 6. The summed E-state index contributed by atoms with van der Waals surface area (Å²) >= 11 is 0. The maximum atomic E-state index is 6.46. The monoisotopic (exact) mass is 505 g/mol. The molecule has 0 aliphatic heterocycles. The zero-order valence-electron chi connectivity index (χ0n) is 22.4. The Balaban J connectivity index is 1.41. The van der Waals surface area contributed by atoms with Crippen LogP contribution in [0.15, 0.2) is 60.9 Å². The maximum absolute atomic E-state index is 6.46. The molecule has 38 heavy (non-hydrogen) atoms. The molecule has 0 radical (unpaired) electrons. The molecule has 2 aromatic carbocycles. The SMILES string of the molecule is CCN(C)CC1CCC(c2nc(-c3ccc4ccc(-c5ccccc5)nc4c3C)c3c(N)ncnn23)CC1. The second kappa shape index (κ2) is 10.1. The summed E-state index contributed by atoms with van der Waals surface area (Å²) in [5.41, 5.74) is 13.2. The summed E-state index contributed by atoms with van der Waals surface area (Å²) in [6, 6.07) is 18.8. The Bertz CT molecular complexity index is 1580. The van der Waals surface area contributed by atoms with Crippen molar-refractivity contribution in [3.8, 4) is 22.5 Å². The van der Waals surface area contributed by atoms with Gasteiger partial charge in [-0.25, -0.2) is 19.5 Å². The average molecular weight is 506 g/mol. The number of imidazole rings is 1. The first kappa shape index (κ1) is 24.5. The van der Waals surface area contributed by atoms with E-state index in [4.69, 9.17) is 15.7 Å². The number of anilines is 1. The molecule has 3 aromatic heterocycles. The van der Waals surface area contributed by atoms with E-state index < -0.39 is 0 Å². The van der Waals surface area contributed by atoms with Crippen LogP contribution in [-0.4, -0.2) is 49.6 Å². The Morgan fingerprint density at radius 1 is 0.974 bits per heavy atom. The third-order valence-electron chi connectivity index (χ3n) is 8.25. The van der Waals surface area contributed by atoms with E-state index in [1.54, 1.807) is 6.33 Å². The van der Waals surface area contributed by atoms with Crippen LogP contribution in [0.25, 0.3) is 38.9 Å².